The van der Waals surface area contributed by atoms with Gasteiger partial charge in [0.05, 0.1) is 30.7 Å². The van der Waals surface area contributed by atoms with Gasteiger partial charge < -0.3 is 19.0 Å². The number of furan rings is 1. The van der Waals surface area contributed by atoms with Crippen LogP contribution in [0.25, 0.3) is 11.4 Å². The average molecular weight is 386 g/mol. The van der Waals surface area contributed by atoms with Crippen molar-refractivity contribution in [2.45, 2.75) is 32.1 Å². The zero-order valence-electron chi connectivity index (χ0n) is 15.3. The number of nitrogens with zero attached hydrogens (tertiary/aromatic N) is 3. The standard InChI is InChI=1S/C19H22N4O3S/c1-3-23-18(15-9-5-6-10-16(15)25-4-2)21-22-19(23)27-13-17(24)20-12-14-8-7-11-26-14/h5-11H,3-4,12-13H2,1-2H3,(H,20,24). The zero-order valence-corrected chi connectivity index (χ0v) is 16.2. The second-order valence-corrected chi connectivity index (χ2v) is 6.57. The van der Waals surface area contributed by atoms with Crippen LogP contribution in [0.15, 0.2) is 52.2 Å². The molecule has 0 aliphatic carbocycles. The molecular weight excluding hydrogens is 364 g/mol. The first-order valence-electron chi connectivity index (χ1n) is 8.80. The highest BCUT2D eigenvalue weighted by Crippen LogP contribution is 2.31. The van der Waals surface area contributed by atoms with Gasteiger partial charge in [-0.2, -0.15) is 0 Å². The normalized spacial score (nSPS) is 10.7. The van der Waals surface area contributed by atoms with Crippen molar-refractivity contribution >= 4 is 17.7 Å². The number of hydrogen-bond donors (Lipinski definition) is 1. The molecule has 0 aliphatic rings. The molecule has 0 unspecified atom stereocenters. The summed E-state index contributed by atoms with van der Waals surface area (Å²) in [6.07, 6.45) is 1.58. The van der Waals surface area contributed by atoms with E-state index in [0.29, 0.717) is 24.9 Å². The quantitative estimate of drug-likeness (QED) is 0.568. The van der Waals surface area contributed by atoms with Gasteiger partial charge in [0.2, 0.25) is 5.91 Å². The summed E-state index contributed by atoms with van der Waals surface area (Å²) in [6, 6.07) is 11.4. The molecule has 0 fully saturated rings. The van der Waals surface area contributed by atoms with E-state index in [1.165, 1.54) is 11.8 Å². The van der Waals surface area contributed by atoms with E-state index >= 15 is 0 Å². The highest BCUT2D eigenvalue weighted by atomic mass is 32.2. The Morgan fingerprint density at radius 3 is 2.81 bits per heavy atom. The number of carbonyl (C=O) groups excluding carboxylic acids is 1. The lowest BCUT2D eigenvalue weighted by Gasteiger charge is -2.11. The van der Waals surface area contributed by atoms with Crippen LogP contribution in [0.1, 0.15) is 19.6 Å². The molecule has 0 atom stereocenters. The van der Waals surface area contributed by atoms with Gasteiger partial charge in [-0.15, -0.1) is 10.2 Å². The van der Waals surface area contributed by atoms with Gasteiger partial charge in [0.1, 0.15) is 11.5 Å². The predicted octanol–water partition coefficient (Wildman–Crippen LogP) is 3.37. The minimum absolute atomic E-state index is 0.0849. The van der Waals surface area contributed by atoms with Gasteiger partial charge >= 0.3 is 0 Å². The van der Waals surface area contributed by atoms with Crippen molar-refractivity contribution in [3.63, 3.8) is 0 Å². The van der Waals surface area contributed by atoms with Crippen molar-refractivity contribution in [1.82, 2.24) is 20.1 Å². The van der Waals surface area contributed by atoms with Crippen LogP contribution in [0, 0.1) is 0 Å². The molecule has 1 N–H and O–H groups in total. The molecule has 0 saturated carbocycles. The maximum atomic E-state index is 12.1. The number of aromatic nitrogens is 3. The first-order chi connectivity index (χ1) is 13.2. The van der Waals surface area contributed by atoms with Gasteiger partial charge in [0.25, 0.3) is 0 Å². The van der Waals surface area contributed by atoms with Gasteiger partial charge in [0, 0.05) is 6.54 Å². The van der Waals surface area contributed by atoms with E-state index in [-0.39, 0.29) is 11.7 Å². The summed E-state index contributed by atoms with van der Waals surface area (Å²) in [7, 11) is 0. The molecule has 2 aromatic heterocycles. The maximum absolute atomic E-state index is 12.1. The number of thioether (sulfide) groups is 1. The van der Waals surface area contributed by atoms with E-state index in [1.54, 1.807) is 12.3 Å². The number of hydrogen-bond acceptors (Lipinski definition) is 6. The molecule has 1 aromatic carbocycles. The fourth-order valence-electron chi connectivity index (χ4n) is 2.59. The van der Waals surface area contributed by atoms with Crippen molar-refractivity contribution in [2.24, 2.45) is 0 Å². The van der Waals surface area contributed by atoms with Crippen LogP contribution in [-0.4, -0.2) is 33.0 Å². The van der Waals surface area contributed by atoms with Crippen molar-refractivity contribution in [3.8, 4) is 17.1 Å². The molecule has 0 spiro atoms. The summed E-state index contributed by atoms with van der Waals surface area (Å²) in [5.74, 6) is 2.40. The second-order valence-electron chi connectivity index (χ2n) is 5.62. The minimum atomic E-state index is -0.0849. The van der Waals surface area contributed by atoms with E-state index in [2.05, 4.69) is 15.5 Å². The van der Waals surface area contributed by atoms with E-state index < -0.39 is 0 Å². The molecule has 0 radical (unpaired) electrons. The third kappa shape index (κ3) is 4.71. The molecule has 0 saturated heterocycles. The molecule has 0 aliphatic heterocycles. The Labute approximate surface area is 162 Å². The third-order valence-electron chi connectivity index (χ3n) is 3.83. The van der Waals surface area contributed by atoms with E-state index in [4.69, 9.17) is 9.15 Å². The third-order valence-corrected chi connectivity index (χ3v) is 4.80. The Bertz CT molecular complexity index is 877. The second kappa shape index (κ2) is 9.27. The molecule has 1 amide bonds. The average Bonchev–Trinajstić information content (AvgIpc) is 3.35. The summed E-state index contributed by atoms with van der Waals surface area (Å²) >= 11 is 1.36. The number of nitrogens with one attached hydrogen (secondary N) is 1. The van der Waals surface area contributed by atoms with Gasteiger partial charge in [0.15, 0.2) is 11.0 Å². The number of amides is 1. The van der Waals surface area contributed by atoms with E-state index in [1.807, 2.05) is 48.7 Å². The first-order valence-corrected chi connectivity index (χ1v) is 9.78. The van der Waals surface area contributed by atoms with Gasteiger partial charge in [-0.3, -0.25) is 4.79 Å². The molecular formula is C19H22N4O3S. The van der Waals surface area contributed by atoms with E-state index in [0.717, 1.165) is 22.9 Å². The van der Waals surface area contributed by atoms with Crippen LogP contribution in [0.2, 0.25) is 0 Å². The molecule has 142 valence electrons. The molecule has 27 heavy (non-hydrogen) atoms. The molecule has 3 rings (SSSR count). The Morgan fingerprint density at radius 1 is 1.22 bits per heavy atom. The van der Waals surface area contributed by atoms with Crippen LogP contribution in [0.4, 0.5) is 0 Å². The topological polar surface area (TPSA) is 82.2 Å². The number of benzene rings is 1. The highest BCUT2D eigenvalue weighted by molar-refractivity contribution is 7.99. The first kappa shape index (κ1) is 19.0. The van der Waals surface area contributed by atoms with Crippen molar-refractivity contribution in [1.29, 1.82) is 0 Å². The Hall–Kier alpha value is -2.74. The molecule has 7 nitrogen and oxygen atoms in total. The van der Waals surface area contributed by atoms with Crippen molar-refractivity contribution < 1.29 is 13.9 Å². The van der Waals surface area contributed by atoms with Crippen LogP contribution in [0.3, 0.4) is 0 Å². The van der Waals surface area contributed by atoms with Crippen LogP contribution in [-0.2, 0) is 17.9 Å². The lowest BCUT2D eigenvalue weighted by molar-refractivity contribution is -0.118. The van der Waals surface area contributed by atoms with Crippen molar-refractivity contribution in [3.05, 3.63) is 48.4 Å². The van der Waals surface area contributed by atoms with Gasteiger partial charge in [-0.1, -0.05) is 23.9 Å². The number of ether oxygens (including phenoxy) is 1. The lowest BCUT2D eigenvalue weighted by atomic mass is 10.2. The molecule has 3 aromatic rings. The Kier molecular flexibility index (Phi) is 6.54. The fraction of sp³-hybridized carbons (Fsp3) is 0.316. The highest BCUT2D eigenvalue weighted by Gasteiger charge is 2.17. The Morgan fingerprint density at radius 2 is 2.07 bits per heavy atom. The summed E-state index contributed by atoms with van der Waals surface area (Å²) in [5, 5.41) is 12.1. The largest absolute Gasteiger partial charge is 0.493 e. The fourth-order valence-corrected chi connectivity index (χ4v) is 3.42. The molecule has 8 heteroatoms. The summed E-state index contributed by atoms with van der Waals surface area (Å²) in [4.78, 5) is 12.1. The minimum Gasteiger partial charge on any atom is -0.493 e. The van der Waals surface area contributed by atoms with Crippen LogP contribution < -0.4 is 10.1 Å². The van der Waals surface area contributed by atoms with E-state index in [9.17, 15) is 4.79 Å². The summed E-state index contributed by atoms with van der Waals surface area (Å²) in [6.45, 7) is 5.62. The Balaban J connectivity index is 1.68. The van der Waals surface area contributed by atoms with Gasteiger partial charge in [-0.25, -0.2) is 0 Å². The smallest absolute Gasteiger partial charge is 0.230 e. The van der Waals surface area contributed by atoms with Crippen LogP contribution in [0.5, 0.6) is 5.75 Å². The number of para-hydroxylation sites is 1. The lowest BCUT2D eigenvalue weighted by Crippen LogP contribution is -2.24. The summed E-state index contributed by atoms with van der Waals surface area (Å²) < 4.78 is 12.9. The zero-order chi connectivity index (χ0) is 19.1. The van der Waals surface area contributed by atoms with Crippen molar-refractivity contribution in [2.75, 3.05) is 12.4 Å². The monoisotopic (exact) mass is 386 g/mol. The number of rotatable bonds is 9. The summed E-state index contributed by atoms with van der Waals surface area (Å²) in [5.41, 5.74) is 0.892. The molecule has 0 bridgehead atoms. The predicted molar refractivity (Wildman–Crippen MR) is 104 cm³/mol. The van der Waals surface area contributed by atoms with Crippen LogP contribution >= 0.6 is 11.8 Å². The molecule has 2 heterocycles. The van der Waals surface area contributed by atoms with Gasteiger partial charge in [-0.05, 0) is 38.1 Å². The SMILES string of the molecule is CCOc1ccccc1-c1nnc(SCC(=O)NCc2ccco2)n1CC. The number of carbonyl (C=O) groups is 1. The maximum Gasteiger partial charge on any atom is 0.230 e.